The highest BCUT2D eigenvalue weighted by Crippen LogP contribution is 2.63. The van der Waals surface area contributed by atoms with Gasteiger partial charge in [0, 0.05) is 27.7 Å². The zero-order chi connectivity index (χ0) is 44.1. The first-order chi connectivity index (χ1) is 33.2. The molecular formula is C65H41NO. The van der Waals surface area contributed by atoms with Crippen LogP contribution >= 0.6 is 0 Å². The summed E-state index contributed by atoms with van der Waals surface area (Å²) < 4.78 is 6.38. The fourth-order valence-corrected chi connectivity index (χ4v) is 11.6. The fraction of sp³-hybridized carbons (Fsp3) is 0.0154. The minimum Gasteiger partial charge on any atom is -0.456 e. The number of hydrogen-bond donors (Lipinski definition) is 0. The van der Waals surface area contributed by atoms with Crippen LogP contribution in [0.4, 0.5) is 17.1 Å². The summed E-state index contributed by atoms with van der Waals surface area (Å²) in [5.74, 6) is 0. The third-order valence-corrected chi connectivity index (χ3v) is 14.5. The van der Waals surface area contributed by atoms with Gasteiger partial charge in [0.15, 0.2) is 0 Å². The normalized spacial score (nSPS) is 12.9. The van der Waals surface area contributed by atoms with Crippen LogP contribution in [-0.4, -0.2) is 0 Å². The van der Waals surface area contributed by atoms with Gasteiger partial charge < -0.3 is 9.32 Å². The SMILES string of the molecule is c1cc(-c2cccc3oc4ccccc4c23)cc(N(c2ccc(-c3ccc4ccccc4c3)cc2)c2ccccc2-c2ccc3c(c2)C2(c4ccccc4-c4ccccc42)c2ccccc2-3)c1. The molecule has 2 nitrogen and oxygen atoms in total. The molecule has 2 aliphatic carbocycles. The Morgan fingerprint density at radius 1 is 0.299 bits per heavy atom. The van der Waals surface area contributed by atoms with E-state index in [1.165, 1.54) is 72.0 Å². The van der Waals surface area contributed by atoms with Gasteiger partial charge in [-0.15, -0.1) is 0 Å². The summed E-state index contributed by atoms with van der Waals surface area (Å²) >= 11 is 0. The smallest absolute Gasteiger partial charge is 0.136 e. The predicted molar refractivity (Wildman–Crippen MR) is 279 cm³/mol. The highest BCUT2D eigenvalue weighted by molar-refractivity contribution is 6.12. The number of benzene rings is 11. The Morgan fingerprint density at radius 3 is 1.61 bits per heavy atom. The van der Waals surface area contributed by atoms with E-state index in [1.807, 2.05) is 6.07 Å². The zero-order valence-corrected chi connectivity index (χ0v) is 36.5. The molecule has 0 bridgehead atoms. The Balaban J connectivity index is 0.966. The van der Waals surface area contributed by atoms with Gasteiger partial charge in [0.1, 0.15) is 11.2 Å². The Bertz CT molecular complexity index is 3880. The lowest BCUT2D eigenvalue weighted by molar-refractivity contribution is 0.669. The van der Waals surface area contributed by atoms with Crippen LogP contribution in [0.25, 0.3) is 88.3 Å². The summed E-state index contributed by atoms with van der Waals surface area (Å²) in [6.07, 6.45) is 0. The van der Waals surface area contributed by atoms with Gasteiger partial charge in [0.05, 0.1) is 11.1 Å². The lowest BCUT2D eigenvalue weighted by Crippen LogP contribution is -2.25. The molecule has 2 aliphatic rings. The van der Waals surface area contributed by atoms with Crippen molar-refractivity contribution in [3.8, 4) is 55.6 Å². The van der Waals surface area contributed by atoms with Gasteiger partial charge >= 0.3 is 0 Å². The Kier molecular flexibility index (Phi) is 8.23. The highest BCUT2D eigenvalue weighted by Gasteiger charge is 2.51. The molecule has 1 spiro atoms. The second kappa shape index (κ2) is 14.7. The van der Waals surface area contributed by atoms with E-state index in [1.54, 1.807) is 0 Å². The molecule has 1 heterocycles. The Hall–Kier alpha value is -8.72. The van der Waals surface area contributed by atoms with E-state index in [4.69, 9.17) is 4.42 Å². The first-order valence-corrected chi connectivity index (χ1v) is 23.2. The quantitative estimate of drug-likeness (QED) is 0.166. The molecule has 0 atom stereocenters. The average Bonchev–Trinajstić information content (AvgIpc) is 4.03. The predicted octanol–water partition coefficient (Wildman–Crippen LogP) is 17.6. The second-order valence-electron chi connectivity index (χ2n) is 17.9. The minimum absolute atomic E-state index is 0.436. The summed E-state index contributed by atoms with van der Waals surface area (Å²) in [6.45, 7) is 0. The van der Waals surface area contributed by atoms with Crippen molar-refractivity contribution in [2.24, 2.45) is 0 Å². The molecule has 0 amide bonds. The molecule has 67 heavy (non-hydrogen) atoms. The van der Waals surface area contributed by atoms with Gasteiger partial charge in [-0.05, 0) is 138 Å². The van der Waals surface area contributed by atoms with Crippen molar-refractivity contribution in [2.75, 3.05) is 4.90 Å². The summed E-state index contributed by atoms with van der Waals surface area (Å²) in [5, 5.41) is 4.73. The number of hydrogen-bond acceptors (Lipinski definition) is 2. The molecule has 0 saturated heterocycles. The van der Waals surface area contributed by atoms with E-state index in [0.29, 0.717) is 0 Å². The van der Waals surface area contributed by atoms with Crippen molar-refractivity contribution in [3.63, 3.8) is 0 Å². The molecule has 0 saturated carbocycles. The third kappa shape index (κ3) is 5.57. The van der Waals surface area contributed by atoms with Crippen LogP contribution in [0.3, 0.4) is 0 Å². The monoisotopic (exact) mass is 851 g/mol. The van der Waals surface area contributed by atoms with E-state index in [9.17, 15) is 0 Å². The lowest BCUT2D eigenvalue weighted by Gasteiger charge is -2.31. The third-order valence-electron chi connectivity index (χ3n) is 14.5. The van der Waals surface area contributed by atoms with Crippen molar-refractivity contribution in [1.29, 1.82) is 0 Å². The van der Waals surface area contributed by atoms with Gasteiger partial charge in [0.25, 0.3) is 0 Å². The van der Waals surface area contributed by atoms with Gasteiger partial charge in [-0.3, -0.25) is 0 Å². The Labute approximate surface area is 389 Å². The number of rotatable bonds is 6. The van der Waals surface area contributed by atoms with E-state index >= 15 is 0 Å². The van der Waals surface area contributed by atoms with Gasteiger partial charge in [-0.2, -0.15) is 0 Å². The summed E-state index contributed by atoms with van der Waals surface area (Å²) in [7, 11) is 0. The molecule has 14 rings (SSSR count). The molecule has 1 aromatic heterocycles. The van der Waals surface area contributed by atoms with Crippen molar-refractivity contribution < 1.29 is 4.42 Å². The van der Waals surface area contributed by atoms with E-state index in [0.717, 1.165) is 55.7 Å². The molecule has 0 unspecified atom stereocenters. The molecular weight excluding hydrogens is 811 g/mol. The Morgan fingerprint density at radius 2 is 0.851 bits per heavy atom. The van der Waals surface area contributed by atoms with Crippen LogP contribution < -0.4 is 4.90 Å². The maximum absolute atomic E-state index is 6.38. The van der Waals surface area contributed by atoms with E-state index in [2.05, 4.69) is 248 Å². The molecule has 0 fully saturated rings. The second-order valence-corrected chi connectivity index (χ2v) is 17.9. The van der Waals surface area contributed by atoms with Crippen LogP contribution in [0.1, 0.15) is 22.3 Å². The first-order valence-electron chi connectivity index (χ1n) is 23.2. The minimum atomic E-state index is -0.436. The lowest BCUT2D eigenvalue weighted by atomic mass is 9.70. The molecule has 12 aromatic rings. The largest absolute Gasteiger partial charge is 0.456 e. The van der Waals surface area contributed by atoms with Gasteiger partial charge in [-0.1, -0.05) is 194 Å². The topological polar surface area (TPSA) is 16.4 Å². The molecule has 0 aliphatic heterocycles. The number of anilines is 3. The zero-order valence-electron chi connectivity index (χ0n) is 36.5. The van der Waals surface area contributed by atoms with Crippen molar-refractivity contribution >= 4 is 49.8 Å². The molecule has 2 heteroatoms. The van der Waals surface area contributed by atoms with Crippen molar-refractivity contribution in [2.45, 2.75) is 5.41 Å². The van der Waals surface area contributed by atoms with Crippen LogP contribution in [0.5, 0.6) is 0 Å². The number of fused-ring (bicyclic) bond motifs is 14. The van der Waals surface area contributed by atoms with Gasteiger partial charge in [-0.25, -0.2) is 0 Å². The maximum atomic E-state index is 6.38. The molecule has 0 radical (unpaired) electrons. The highest BCUT2D eigenvalue weighted by atomic mass is 16.3. The van der Waals surface area contributed by atoms with Gasteiger partial charge in [0.2, 0.25) is 0 Å². The fourth-order valence-electron chi connectivity index (χ4n) is 11.6. The van der Waals surface area contributed by atoms with Crippen LogP contribution in [0.2, 0.25) is 0 Å². The molecule has 0 N–H and O–H groups in total. The van der Waals surface area contributed by atoms with Crippen LogP contribution in [-0.2, 0) is 5.41 Å². The van der Waals surface area contributed by atoms with Crippen molar-refractivity contribution in [3.05, 3.63) is 271 Å². The summed E-state index contributed by atoms with van der Waals surface area (Å²) in [4.78, 5) is 2.44. The number of para-hydroxylation sites is 2. The molecule has 312 valence electrons. The van der Waals surface area contributed by atoms with E-state index < -0.39 is 5.41 Å². The van der Waals surface area contributed by atoms with E-state index in [-0.39, 0.29) is 0 Å². The molecule has 11 aromatic carbocycles. The van der Waals surface area contributed by atoms with Crippen LogP contribution in [0.15, 0.2) is 253 Å². The first kappa shape index (κ1) is 37.6. The average molecular weight is 852 g/mol. The maximum Gasteiger partial charge on any atom is 0.136 e. The standard InChI is InChI=1S/C65H41NO/c1-2-16-44-39-45(32-31-42(44)15-1)43-33-36-48(37-34-43)66(49-18-13-17-46(40-49)51-24-14-30-63-64(51)56-23-7-12-29-62(56)67-63)61-28-11-6-19-50(61)47-35-38-55-54-22-5-10-27-59(54)65(60(55)41-47)57-25-8-3-20-52(57)53-21-4-9-26-58(53)65/h1-41H. The van der Waals surface area contributed by atoms with Crippen molar-refractivity contribution in [1.82, 2.24) is 0 Å². The van der Waals surface area contributed by atoms with Crippen LogP contribution in [0, 0.1) is 0 Å². The summed E-state index contributed by atoms with van der Waals surface area (Å²) in [5.41, 5.74) is 22.1. The number of nitrogens with zero attached hydrogens (tertiary/aromatic N) is 1. The summed E-state index contributed by atoms with van der Waals surface area (Å²) in [6, 6.07) is 91.4. The number of furan rings is 1.